The molecular weight excluding hydrogens is 456 g/mol. The standard InChI is InChI=1S/C24H28N4O3S2/c1-4-28-21(16-12-10-15(3)11-13-16)26-27-24(28)32-14-19(29)25-22-20(23(30)31-5-2)17-8-6-7-9-18(17)33-22/h10-13H,4-9,14H2,1-3H3,(H,25,29). The van der Waals surface area contributed by atoms with Crippen LogP contribution < -0.4 is 5.32 Å². The van der Waals surface area contributed by atoms with Gasteiger partial charge in [0.1, 0.15) is 5.00 Å². The van der Waals surface area contributed by atoms with Crippen LogP contribution in [0, 0.1) is 6.92 Å². The fourth-order valence-corrected chi connectivity index (χ4v) is 6.06. The number of benzene rings is 1. The lowest BCUT2D eigenvalue weighted by Crippen LogP contribution is -2.17. The van der Waals surface area contributed by atoms with Gasteiger partial charge in [-0.15, -0.1) is 21.5 Å². The molecule has 2 aromatic heterocycles. The molecule has 0 atom stereocenters. The van der Waals surface area contributed by atoms with Crippen LogP contribution in [0.15, 0.2) is 29.4 Å². The van der Waals surface area contributed by atoms with Gasteiger partial charge in [0.15, 0.2) is 11.0 Å². The summed E-state index contributed by atoms with van der Waals surface area (Å²) in [7, 11) is 0. The van der Waals surface area contributed by atoms with Gasteiger partial charge in [0.2, 0.25) is 5.91 Å². The summed E-state index contributed by atoms with van der Waals surface area (Å²) in [6.07, 6.45) is 3.95. The van der Waals surface area contributed by atoms with E-state index in [0.717, 1.165) is 42.6 Å². The molecule has 1 amide bonds. The van der Waals surface area contributed by atoms with Gasteiger partial charge in [0.25, 0.3) is 0 Å². The number of hydrogen-bond donors (Lipinski definition) is 1. The molecule has 1 N–H and O–H groups in total. The van der Waals surface area contributed by atoms with E-state index < -0.39 is 0 Å². The van der Waals surface area contributed by atoms with Gasteiger partial charge in [-0.1, -0.05) is 41.6 Å². The summed E-state index contributed by atoms with van der Waals surface area (Å²) < 4.78 is 7.29. The largest absolute Gasteiger partial charge is 0.462 e. The Kier molecular flexibility index (Phi) is 7.49. The Balaban J connectivity index is 1.48. The van der Waals surface area contributed by atoms with E-state index in [0.29, 0.717) is 28.9 Å². The summed E-state index contributed by atoms with van der Waals surface area (Å²) in [6.45, 7) is 6.88. The molecule has 0 fully saturated rings. The number of nitrogens with one attached hydrogen (secondary N) is 1. The summed E-state index contributed by atoms with van der Waals surface area (Å²) in [5.74, 6) is 0.438. The van der Waals surface area contributed by atoms with Gasteiger partial charge in [-0.05, 0) is 52.0 Å². The predicted octanol–water partition coefficient (Wildman–Crippen LogP) is 5.12. The number of carbonyl (C=O) groups excluding carboxylic acids is 2. The highest BCUT2D eigenvalue weighted by molar-refractivity contribution is 7.99. The number of fused-ring (bicyclic) bond motifs is 1. The topological polar surface area (TPSA) is 86.1 Å². The fraction of sp³-hybridized carbons (Fsp3) is 0.417. The van der Waals surface area contributed by atoms with Gasteiger partial charge in [0, 0.05) is 17.0 Å². The molecule has 4 rings (SSSR count). The van der Waals surface area contributed by atoms with E-state index >= 15 is 0 Å². The Morgan fingerprint density at radius 2 is 1.91 bits per heavy atom. The van der Waals surface area contributed by atoms with E-state index in [4.69, 9.17) is 4.74 Å². The Morgan fingerprint density at radius 3 is 2.64 bits per heavy atom. The zero-order chi connectivity index (χ0) is 23.4. The molecule has 174 valence electrons. The number of thiophene rings is 1. The highest BCUT2D eigenvalue weighted by atomic mass is 32.2. The number of thioether (sulfide) groups is 1. The van der Waals surface area contributed by atoms with Crippen LogP contribution in [0.25, 0.3) is 11.4 Å². The SMILES string of the molecule is CCOC(=O)c1c(NC(=O)CSc2nnc(-c3ccc(C)cc3)n2CC)sc2c1CCCC2. The molecule has 2 heterocycles. The van der Waals surface area contributed by atoms with Gasteiger partial charge in [-0.2, -0.15) is 0 Å². The number of rotatable bonds is 8. The highest BCUT2D eigenvalue weighted by Gasteiger charge is 2.27. The molecule has 0 unspecified atom stereocenters. The Hall–Kier alpha value is -2.65. The minimum Gasteiger partial charge on any atom is -0.462 e. The van der Waals surface area contributed by atoms with Crippen LogP contribution in [-0.2, 0) is 28.9 Å². The molecule has 0 radical (unpaired) electrons. The normalized spacial score (nSPS) is 12.9. The molecule has 0 spiro atoms. The number of aromatic nitrogens is 3. The van der Waals surface area contributed by atoms with Crippen molar-refractivity contribution in [3.8, 4) is 11.4 Å². The van der Waals surface area contributed by atoms with Crippen molar-refractivity contribution in [1.29, 1.82) is 0 Å². The number of anilines is 1. The monoisotopic (exact) mass is 484 g/mol. The van der Waals surface area contributed by atoms with Crippen molar-refractivity contribution in [2.24, 2.45) is 0 Å². The second-order valence-electron chi connectivity index (χ2n) is 7.89. The van der Waals surface area contributed by atoms with E-state index in [2.05, 4.69) is 15.5 Å². The van der Waals surface area contributed by atoms with Gasteiger partial charge >= 0.3 is 5.97 Å². The molecule has 0 aliphatic heterocycles. The van der Waals surface area contributed by atoms with Crippen LogP contribution in [0.3, 0.4) is 0 Å². The molecular formula is C24H28N4O3S2. The summed E-state index contributed by atoms with van der Waals surface area (Å²) in [5.41, 5.74) is 3.76. The Bertz CT molecular complexity index is 1150. The van der Waals surface area contributed by atoms with E-state index in [1.807, 2.05) is 42.7 Å². The maximum atomic E-state index is 12.8. The van der Waals surface area contributed by atoms with Gasteiger partial charge in [-0.25, -0.2) is 4.79 Å². The van der Waals surface area contributed by atoms with E-state index in [1.54, 1.807) is 6.92 Å². The quantitative estimate of drug-likeness (QED) is 0.353. The maximum absolute atomic E-state index is 12.8. The molecule has 0 saturated heterocycles. The number of amides is 1. The number of aryl methyl sites for hydroxylation is 2. The molecule has 7 nitrogen and oxygen atoms in total. The second-order valence-corrected chi connectivity index (χ2v) is 9.94. The second kappa shape index (κ2) is 10.5. The summed E-state index contributed by atoms with van der Waals surface area (Å²) in [6, 6.07) is 8.16. The third-order valence-electron chi connectivity index (χ3n) is 5.58. The zero-order valence-corrected chi connectivity index (χ0v) is 20.8. The average molecular weight is 485 g/mol. The molecule has 0 saturated carbocycles. The first kappa shape index (κ1) is 23.5. The lowest BCUT2D eigenvalue weighted by molar-refractivity contribution is -0.113. The van der Waals surface area contributed by atoms with Crippen molar-refractivity contribution in [1.82, 2.24) is 14.8 Å². The van der Waals surface area contributed by atoms with Crippen LogP contribution in [0.5, 0.6) is 0 Å². The van der Waals surface area contributed by atoms with Crippen molar-refractivity contribution >= 4 is 40.0 Å². The van der Waals surface area contributed by atoms with Crippen LogP contribution in [-0.4, -0.2) is 39.0 Å². The molecule has 0 bridgehead atoms. The molecule has 33 heavy (non-hydrogen) atoms. The van der Waals surface area contributed by atoms with Gasteiger partial charge in [0.05, 0.1) is 17.9 Å². The predicted molar refractivity (Wildman–Crippen MR) is 132 cm³/mol. The molecule has 1 aliphatic carbocycles. The lowest BCUT2D eigenvalue weighted by Gasteiger charge is -2.12. The zero-order valence-electron chi connectivity index (χ0n) is 19.1. The number of nitrogens with zero attached hydrogens (tertiary/aromatic N) is 3. The third kappa shape index (κ3) is 5.14. The summed E-state index contributed by atoms with van der Waals surface area (Å²) in [4.78, 5) is 26.6. The van der Waals surface area contributed by atoms with Crippen molar-refractivity contribution in [3.05, 3.63) is 45.8 Å². The Labute approximate surface area is 201 Å². The van der Waals surface area contributed by atoms with E-state index in [-0.39, 0.29) is 17.6 Å². The molecule has 9 heteroatoms. The van der Waals surface area contributed by atoms with Gasteiger partial charge < -0.3 is 14.6 Å². The van der Waals surface area contributed by atoms with Crippen LogP contribution in [0.1, 0.15) is 53.1 Å². The van der Waals surface area contributed by atoms with Crippen LogP contribution >= 0.6 is 23.1 Å². The first-order chi connectivity index (χ1) is 16.0. The van der Waals surface area contributed by atoms with Crippen molar-refractivity contribution < 1.29 is 14.3 Å². The van der Waals surface area contributed by atoms with Crippen molar-refractivity contribution in [2.75, 3.05) is 17.7 Å². The minimum absolute atomic E-state index is 0.174. The number of ether oxygens (including phenoxy) is 1. The lowest BCUT2D eigenvalue weighted by atomic mass is 9.95. The summed E-state index contributed by atoms with van der Waals surface area (Å²) in [5, 5.41) is 12.9. The first-order valence-electron chi connectivity index (χ1n) is 11.3. The van der Waals surface area contributed by atoms with Gasteiger partial charge in [-0.3, -0.25) is 4.79 Å². The average Bonchev–Trinajstić information content (AvgIpc) is 3.39. The number of hydrogen-bond acceptors (Lipinski definition) is 7. The van der Waals surface area contributed by atoms with Crippen molar-refractivity contribution in [2.45, 2.75) is 58.2 Å². The highest BCUT2D eigenvalue weighted by Crippen LogP contribution is 2.38. The van der Waals surface area contributed by atoms with Crippen LogP contribution in [0.4, 0.5) is 5.00 Å². The first-order valence-corrected chi connectivity index (χ1v) is 13.1. The summed E-state index contributed by atoms with van der Waals surface area (Å²) >= 11 is 2.84. The Morgan fingerprint density at radius 1 is 1.15 bits per heavy atom. The smallest absolute Gasteiger partial charge is 0.341 e. The number of carbonyl (C=O) groups is 2. The molecule has 1 aliphatic rings. The fourth-order valence-electron chi connectivity index (χ4n) is 3.96. The minimum atomic E-state index is -0.353. The molecule has 3 aromatic rings. The van der Waals surface area contributed by atoms with E-state index in [9.17, 15) is 9.59 Å². The maximum Gasteiger partial charge on any atom is 0.341 e. The van der Waals surface area contributed by atoms with Crippen LogP contribution in [0.2, 0.25) is 0 Å². The third-order valence-corrected chi connectivity index (χ3v) is 7.75. The molecule has 1 aromatic carbocycles. The van der Waals surface area contributed by atoms with E-state index in [1.165, 1.54) is 33.5 Å². The number of esters is 1. The van der Waals surface area contributed by atoms with Crippen molar-refractivity contribution in [3.63, 3.8) is 0 Å².